The second-order valence-electron chi connectivity index (χ2n) is 6.51. The average Bonchev–Trinajstić information content (AvgIpc) is 2.63. The number of rotatable bonds is 5. The number of sulfonamides is 1. The Morgan fingerprint density at radius 1 is 1.19 bits per heavy atom. The van der Waals surface area contributed by atoms with Crippen molar-refractivity contribution in [2.24, 2.45) is 5.92 Å². The van der Waals surface area contributed by atoms with Crippen LogP contribution in [0.4, 0.5) is 0 Å². The van der Waals surface area contributed by atoms with Crippen molar-refractivity contribution in [2.75, 3.05) is 13.1 Å². The summed E-state index contributed by atoms with van der Waals surface area (Å²) in [6, 6.07) is 13.8. The Bertz CT molecular complexity index is 899. The minimum atomic E-state index is -3.75. The van der Waals surface area contributed by atoms with Gasteiger partial charge in [-0.3, -0.25) is 0 Å². The summed E-state index contributed by atoms with van der Waals surface area (Å²) in [4.78, 5) is 11.2. The van der Waals surface area contributed by atoms with E-state index in [9.17, 15) is 18.3 Å². The fraction of sp³-hybridized carbons (Fsp3) is 0.316. The van der Waals surface area contributed by atoms with E-state index < -0.39 is 16.0 Å². The van der Waals surface area contributed by atoms with Gasteiger partial charge in [-0.25, -0.2) is 13.2 Å². The van der Waals surface area contributed by atoms with Gasteiger partial charge in [0, 0.05) is 13.1 Å². The van der Waals surface area contributed by atoms with Crippen molar-refractivity contribution in [3.05, 3.63) is 64.7 Å². The lowest BCUT2D eigenvalue weighted by Gasteiger charge is -2.32. The Balaban J connectivity index is 1.81. The summed E-state index contributed by atoms with van der Waals surface area (Å²) >= 11 is 5.85. The average molecular weight is 394 g/mol. The van der Waals surface area contributed by atoms with E-state index in [0.29, 0.717) is 13.1 Å². The van der Waals surface area contributed by atoms with Crippen molar-refractivity contribution in [1.82, 2.24) is 4.31 Å². The molecule has 1 aliphatic heterocycles. The van der Waals surface area contributed by atoms with Gasteiger partial charge in [0.25, 0.3) is 0 Å². The molecule has 1 saturated heterocycles. The zero-order chi connectivity index (χ0) is 18.7. The highest BCUT2D eigenvalue weighted by Gasteiger charge is 2.31. The number of hydrogen-bond donors (Lipinski definition) is 1. The van der Waals surface area contributed by atoms with Crippen LogP contribution in [-0.4, -0.2) is 36.9 Å². The van der Waals surface area contributed by atoms with E-state index in [2.05, 4.69) is 0 Å². The molecule has 0 aliphatic carbocycles. The molecule has 1 atom stereocenters. The van der Waals surface area contributed by atoms with Crippen LogP contribution >= 0.6 is 11.6 Å². The Hall–Kier alpha value is -1.89. The molecule has 2 aromatic carbocycles. The maximum Gasteiger partial charge on any atom is 0.337 e. The number of halogens is 1. The molecular formula is C19H20ClNO4S. The minimum Gasteiger partial charge on any atom is -0.478 e. The molecule has 1 aliphatic rings. The first kappa shape index (κ1) is 18.9. The zero-order valence-corrected chi connectivity index (χ0v) is 15.7. The number of hydrogen-bond acceptors (Lipinski definition) is 3. The Morgan fingerprint density at radius 2 is 1.92 bits per heavy atom. The maximum absolute atomic E-state index is 13.0. The quantitative estimate of drug-likeness (QED) is 0.840. The van der Waals surface area contributed by atoms with Crippen molar-refractivity contribution >= 4 is 27.6 Å². The molecule has 5 nitrogen and oxygen atoms in total. The first-order chi connectivity index (χ1) is 12.4. The predicted molar refractivity (Wildman–Crippen MR) is 100 cm³/mol. The fourth-order valence-electron chi connectivity index (χ4n) is 3.34. The molecule has 0 aromatic heterocycles. The summed E-state index contributed by atoms with van der Waals surface area (Å²) in [5.41, 5.74) is 0.988. The largest absolute Gasteiger partial charge is 0.478 e. The third-order valence-electron chi connectivity index (χ3n) is 4.65. The zero-order valence-electron chi connectivity index (χ0n) is 14.1. The lowest BCUT2D eigenvalue weighted by molar-refractivity contribution is 0.0697. The van der Waals surface area contributed by atoms with E-state index in [-0.39, 0.29) is 21.4 Å². The molecule has 0 spiro atoms. The normalized spacial score (nSPS) is 18.6. The SMILES string of the molecule is O=C(O)c1cc(S(=O)(=O)N2CCCC(Cc3ccccc3)C2)ccc1Cl. The summed E-state index contributed by atoms with van der Waals surface area (Å²) in [7, 11) is -3.75. The number of carboxylic acids is 1. The summed E-state index contributed by atoms with van der Waals surface area (Å²) in [5.74, 6) is -1.00. The molecule has 2 aromatic rings. The molecular weight excluding hydrogens is 374 g/mol. The van der Waals surface area contributed by atoms with Crippen molar-refractivity contribution in [1.29, 1.82) is 0 Å². The first-order valence-corrected chi connectivity index (χ1v) is 10.3. The second kappa shape index (κ2) is 7.78. The van der Waals surface area contributed by atoms with E-state index in [1.54, 1.807) is 0 Å². The van der Waals surface area contributed by atoms with Crippen LogP contribution < -0.4 is 0 Å². The molecule has 138 valence electrons. The van der Waals surface area contributed by atoms with Gasteiger partial charge in [-0.2, -0.15) is 4.31 Å². The van der Waals surface area contributed by atoms with Gasteiger partial charge in [0.2, 0.25) is 10.0 Å². The summed E-state index contributed by atoms with van der Waals surface area (Å²) in [6.07, 6.45) is 2.59. The summed E-state index contributed by atoms with van der Waals surface area (Å²) in [5, 5.41) is 9.20. The van der Waals surface area contributed by atoms with Gasteiger partial charge in [-0.05, 0) is 48.9 Å². The molecule has 0 saturated carbocycles. The van der Waals surface area contributed by atoms with Crippen LogP contribution in [-0.2, 0) is 16.4 Å². The first-order valence-electron chi connectivity index (χ1n) is 8.45. The molecule has 26 heavy (non-hydrogen) atoms. The smallest absolute Gasteiger partial charge is 0.337 e. The molecule has 1 unspecified atom stereocenters. The Morgan fingerprint density at radius 3 is 2.62 bits per heavy atom. The highest BCUT2D eigenvalue weighted by atomic mass is 35.5. The Kier molecular flexibility index (Phi) is 5.65. The minimum absolute atomic E-state index is 0.0250. The predicted octanol–water partition coefficient (Wildman–Crippen LogP) is 3.68. The molecule has 7 heteroatoms. The third kappa shape index (κ3) is 4.09. The highest BCUT2D eigenvalue weighted by Crippen LogP contribution is 2.28. The standard InChI is InChI=1S/C19H20ClNO4S/c20-18-9-8-16(12-17(18)19(22)23)26(24,25)21-10-4-7-15(13-21)11-14-5-2-1-3-6-14/h1-3,5-6,8-9,12,15H,4,7,10-11,13H2,(H,22,23). The monoisotopic (exact) mass is 393 g/mol. The van der Waals surface area contributed by atoms with Crippen LogP contribution in [0.25, 0.3) is 0 Å². The topological polar surface area (TPSA) is 74.7 Å². The number of piperidine rings is 1. The molecule has 3 rings (SSSR count). The van der Waals surface area contributed by atoms with E-state index in [1.165, 1.54) is 22.0 Å². The summed E-state index contributed by atoms with van der Waals surface area (Å²) in [6.45, 7) is 0.876. The fourth-order valence-corrected chi connectivity index (χ4v) is 5.12. The molecule has 1 fully saturated rings. The van der Waals surface area contributed by atoms with Crippen LogP contribution in [0.3, 0.4) is 0 Å². The van der Waals surface area contributed by atoms with Gasteiger partial charge < -0.3 is 5.11 Å². The number of benzene rings is 2. The number of nitrogens with zero attached hydrogens (tertiary/aromatic N) is 1. The van der Waals surface area contributed by atoms with Crippen LogP contribution in [0.2, 0.25) is 5.02 Å². The Labute approximate surface area is 158 Å². The lowest BCUT2D eigenvalue weighted by atomic mass is 9.92. The maximum atomic E-state index is 13.0. The van der Waals surface area contributed by atoms with Gasteiger partial charge in [0.15, 0.2) is 0 Å². The lowest BCUT2D eigenvalue weighted by Crippen LogP contribution is -2.40. The summed E-state index contributed by atoms with van der Waals surface area (Å²) < 4.78 is 27.4. The molecule has 1 heterocycles. The van der Waals surface area contributed by atoms with Crippen molar-refractivity contribution < 1.29 is 18.3 Å². The molecule has 0 amide bonds. The third-order valence-corrected chi connectivity index (χ3v) is 6.85. The molecule has 1 N–H and O–H groups in total. The second-order valence-corrected chi connectivity index (χ2v) is 8.85. The van der Waals surface area contributed by atoms with E-state index in [0.717, 1.165) is 25.3 Å². The highest BCUT2D eigenvalue weighted by molar-refractivity contribution is 7.89. The number of carbonyl (C=O) groups is 1. The number of aromatic carboxylic acids is 1. The molecule has 0 radical (unpaired) electrons. The van der Waals surface area contributed by atoms with Gasteiger partial charge in [-0.1, -0.05) is 41.9 Å². The van der Waals surface area contributed by atoms with Crippen molar-refractivity contribution in [2.45, 2.75) is 24.2 Å². The van der Waals surface area contributed by atoms with E-state index in [4.69, 9.17) is 11.6 Å². The van der Waals surface area contributed by atoms with Gasteiger partial charge in [-0.15, -0.1) is 0 Å². The van der Waals surface area contributed by atoms with Gasteiger partial charge in [0.05, 0.1) is 15.5 Å². The number of carboxylic acid groups (broad SMARTS) is 1. The van der Waals surface area contributed by atoms with E-state index in [1.807, 2.05) is 30.3 Å². The van der Waals surface area contributed by atoms with Crippen molar-refractivity contribution in [3.8, 4) is 0 Å². The molecule has 0 bridgehead atoms. The van der Waals surface area contributed by atoms with Crippen LogP contribution in [0.15, 0.2) is 53.4 Å². The van der Waals surface area contributed by atoms with Gasteiger partial charge in [0.1, 0.15) is 0 Å². The van der Waals surface area contributed by atoms with Gasteiger partial charge >= 0.3 is 5.97 Å². The van der Waals surface area contributed by atoms with Crippen LogP contribution in [0.5, 0.6) is 0 Å². The van der Waals surface area contributed by atoms with E-state index >= 15 is 0 Å². The van der Waals surface area contributed by atoms with Crippen LogP contribution in [0, 0.1) is 5.92 Å². The van der Waals surface area contributed by atoms with Crippen LogP contribution in [0.1, 0.15) is 28.8 Å². The van der Waals surface area contributed by atoms with Crippen molar-refractivity contribution in [3.63, 3.8) is 0 Å².